The van der Waals surface area contributed by atoms with Crippen molar-refractivity contribution in [3.8, 4) is 11.3 Å². The summed E-state index contributed by atoms with van der Waals surface area (Å²) in [4.78, 5) is 13.9. The van der Waals surface area contributed by atoms with E-state index in [4.69, 9.17) is 28.2 Å². The van der Waals surface area contributed by atoms with Crippen LogP contribution < -0.4 is 0 Å². The van der Waals surface area contributed by atoms with E-state index >= 15 is 0 Å². The van der Waals surface area contributed by atoms with Crippen LogP contribution in [0.5, 0.6) is 0 Å². The fraction of sp³-hybridized carbons (Fsp3) is 0.421. The molecule has 3 aromatic rings. The maximum atomic E-state index is 6.41. The highest BCUT2D eigenvalue weighted by Gasteiger charge is 2.29. The van der Waals surface area contributed by atoms with Gasteiger partial charge in [-0.3, -0.25) is 0 Å². The van der Waals surface area contributed by atoms with E-state index in [0.29, 0.717) is 22.0 Å². The second-order valence-corrected chi connectivity index (χ2v) is 7.55. The van der Waals surface area contributed by atoms with Gasteiger partial charge in [-0.2, -0.15) is 0 Å². The molecular formula is C19H20Cl2N4. The van der Waals surface area contributed by atoms with Gasteiger partial charge in [0, 0.05) is 23.0 Å². The summed E-state index contributed by atoms with van der Waals surface area (Å²) in [7, 11) is 0. The molecule has 1 aromatic carbocycles. The fourth-order valence-electron chi connectivity index (χ4n) is 3.64. The number of aryl methyl sites for hydroxylation is 1. The Morgan fingerprint density at radius 3 is 2.68 bits per heavy atom. The molecule has 0 unspecified atom stereocenters. The summed E-state index contributed by atoms with van der Waals surface area (Å²) in [5.41, 5.74) is 3.31. The summed E-state index contributed by atoms with van der Waals surface area (Å²) in [6.45, 7) is 4.41. The van der Waals surface area contributed by atoms with Crippen LogP contribution in [0.4, 0.5) is 0 Å². The molecule has 1 fully saturated rings. The number of halogens is 2. The lowest BCUT2D eigenvalue weighted by atomic mass is 9.80. The predicted molar refractivity (Wildman–Crippen MR) is 102 cm³/mol. The van der Waals surface area contributed by atoms with Crippen molar-refractivity contribution in [2.75, 3.05) is 0 Å². The minimum atomic E-state index is 0.400. The van der Waals surface area contributed by atoms with Crippen molar-refractivity contribution >= 4 is 34.4 Å². The lowest BCUT2D eigenvalue weighted by molar-refractivity contribution is 0.222. The number of hydrogen-bond acceptors (Lipinski definition) is 3. The van der Waals surface area contributed by atoms with Gasteiger partial charge >= 0.3 is 0 Å². The molecule has 0 amide bonds. The Bertz CT molecular complexity index is 931. The number of fused-ring (bicyclic) bond motifs is 1. The maximum Gasteiger partial charge on any atom is 0.164 e. The molecule has 2 heterocycles. The van der Waals surface area contributed by atoms with E-state index in [1.807, 2.05) is 12.1 Å². The Morgan fingerprint density at radius 1 is 1.24 bits per heavy atom. The zero-order valence-electron chi connectivity index (χ0n) is 14.3. The molecule has 1 atom stereocenters. The molecule has 0 radical (unpaired) electrons. The van der Waals surface area contributed by atoms with Gasteiger partial charge in [0.1, 0.15) is 23.4 Å². The number of rotatable bonds is 4. The standard InChI is InChI=1S/C19H20Cl2N4/c1-3-16-24-18-17(14-8-7-13(20)9-15(14)21)22-10-23-19(18)25(16)11(2)12-5-4-6-12/h7-12H,3-6H2,1-2H3/t11-/m1/s1. The Hall–Kier alpha value is -1.65. The van der Waals surface area contributed by atoms with Crippen LogP contribution >= 0.6 is 23.2 Å². The van der Waals surface area contributed by atoms with E-state index in [9.17, 15) is 0 Å². The highest BCUT2D eigenvalue weighted by molar-refractivity contribution is 6.36. The highest BCUT2D eigenvalue weighted by atomic mass is 35.5. The molecule has 25 heavy (non-hydrogen) atoms. The second-order valence-electron chi connectivity index (χ2n) is 6.70. The molecule has 130 valence electrons. The third-order valence-electron chi connectivity index (χ3n) is 5.29. The zero-order chi connectivity index (χ0) is 17.6. The number of hydrogen-bond donors (Lipinski definition) is 0. The minimum absolute atomic E-state index is 0.400. The van der Waals surface area contributed by atoms with Gasteiger partial charge in [-0.25, -0.2) is 15.0 Å². The maximum absolute atomic E-state index is 6.41. The lowest BCUT2D eigenvalue weighted by Gasteiger charge is -2.33. The van der Waals surface area contributed by atoms with E-state index in [1.165, 1.54) is 19.3 Å². The Balaban J connectivity index is 1.91. The molecule has 0 aliphatic heterocycles. The molecule has 0 saturated heterocycles. The van der Waals surface area contributed by atoms with Crippen LogP contribution in [0.15, 0.2) is 24.5 Å². The number of aromatic nitrogens is 4. The van der Waals surface area contributed by atoms with Crippen LogP contribution in [0, 0.1) is 5.92 Å². The normalized spacial score (nSPS) is 16.2. The van der Waals surface area contributed by atoms with Gasteiger partial charge in [0.15, 0.2) is 5.65 Å². The van der Waals surface area contributed by atoms with E-state index < -0.39 is 0 Å². The summed E-state index contributed by atoms with van der Waals surface area (Å²) in [5.74, 6) is 1.77. The molecule has 1 saturated carbocycles. The van der Waals surface area contributed by atoms with Crippen LogP contribution in [0.3, 0.4) is 0 Å². The smallest absolute Gasteiger partial charge is 0.164 e. The molecule has 0 spiro atoms. The van der Waals surface area contributed by atoms with Gasteiger partial charge in [-0.15, -0.1) is 0 Å². The molecule has 4 nitrogen and oxygen atoms in total. The monoisotopic (exact) mass is 374 g/mol. The molecule has 6 heteroatoms. The van der Waals surface area contributed by atoms with Gasteiger partial charge in [0.2, 0.25) is 0 Å². The van der Waals surface area contributed by atoms with Crippen LogP contribution in [-0.4, -0.2) is 19.5 Å². The quantitative estimate of drug-likeness (QED) is 0.585. The fourth-order valence-corrected chi connectivity index (χ4v) is 4.14. The van der Waals surface area contributed by atoms with E-state index in [1.54, 1.807) is 12.4 Å². The molecule has 0 bridgehead atoms. The summed E-state index contributed by atoms with van der Waals surface area (Å²) >= 11 is 12.4. The van der Waals surface area contributed by atoms with Gasteiger partial charge in [0.05, 0.1) is 5.02 Å². The number of benzene rings is 1. The molecule has 1 aliphatic carbocycles. The van der Waals surface area contributed by atoms with Crippen molar-refractivity contribution in [3.63, 3.8) is 0 Å². The highest BCUT2D eigenvalue weighted by Crippen LogP contribution is 2.39. The topological polar surface area (TPSA) is 43.6 Å². The van der Waals surface area contributed by atoms with Gasteiger partial charge in [0.25, 0.3) is 0 Å². The SMILES string of the molecule is CCc1nc2c(-c3ccc(Cl)cc3Cl)ncnc2n1[C@H](C)C1CCC1. The van der Waals surface area contributed by atoms with E-state index in [0.717, 1.165) is 34.7 Å². The second kappa shape index (κ2) is 6.58. The first-order valence-electron chi connectivity index (χ1n) is 8.77. The molecular weight excluding hydrogens is 355 g/mol. The minimum Gasteiger partial charge on any atom is -0.309 e. The first kappa shape index (κ1) is 16.8. The van der Waals surface area contributed by atoms with Gasteiger partial charge in [-0.1, -0.05) is 36.5 Å². The first-order valence-corrected chi connectivity index (χ1v) is 9.53. The van der Waals surface area contributed by atoms with Crippen LogP contribution in [0.25, 0.3) is 22.4 Å². The third-order valence-corrected chi connectivity index (χ3v) is 5.84. The van der Waals surface area contributed by atoms with Crippen molar-refractivity contribution in [1.29, 1.82) is 0 Å². The average molecular weight is 375 g/mol. The number of nitrogens with zero attached hydrogens (tertiary/aromatic N) is 4. The average Bonchev–Trinajstić information content (AvgIpc) is 2.92. The zero-order valence-corrected chi connectivity index (χ0v) is 15.8. The van der Waals surface area contributed by atoms with Crippen molar-refractivity contribution < 1.29 is 0 Å². The van der Waals surface area contributed by atoms with Crippen LogP contribution in [0.1, 0.15) is 45.0 Å². The Kier molecular flexibility index (Phi) is 4.42. The Morgan fingerprint density at radius 2 is 2.04 bits per heavy atom. The summed E-state index contributed by atoms with van der Waals surface area (Å²) in [6.07, 6.45) is 6.36. The van der Waals surface area contributed by atoms with Crippen molar-refractivity contribution in [3.05, 3.63) is 40.4 Å². The molecule has 2 aromatic heterocycles. The largest absolute Gasteiger partial charge is 0.309 e. The predicted octanol–water partition coefficient (Wildman–Crippen LogP) is 5.72. The Labute approximate surface area is 157 Å². The third kappa shape index (κ3) is 2.81. The van der Waals surface area contributed by atoms with Crippen molar-refractivity contribution in [1.82, 2.24) is 19.5 Å². The van der Waals surface area contributed by atoms with Crippen molar-refractivity contribution in [2.45, 2.75) is 45.6 Å². The summed E-state index contributed by atoms with van der Waals surface area (Å²) in [5, 5.41) is 1.18. The number of imidazole rings is 1. The molecule has 1 aliphatic rings. The molecule has 0 N–H and O–H groups in total. The van der Waals surface area contributed by atoms with E-state index in [2.05, 4.69) is 28.4 Å². The van der Waals surface area contributed by atoms with Gasteiger partial charge in [-0.05, 0) is 43.9 Å². The van der Waals surface area contributed by atoms with Crippen molar-refractivity contribution in [2.24, 2.45) is 5.92 Å². The summed E-state index contributed by atoms with van der Waals surface area (Å²) < 4.78 is 2.30. The lowest BCUT2D eigenvalue weighted by Crippen LogP contribution is -2.24. The van der Waals surface area contributed by atoms with Gasteiger partial charge < -0.3 is 4.57 Å². The van der Waals surface area contributed by atoms with Crippen LogP contribution in [-0.2, 0) is 6.42 Å². The molecule has 4 rings (SSSR count). The summed E-state index contributed by atoms with van der Waals surface area (Å²) in [6, 6.07) is 5.86. The first-order chi connectivity index (χ1) is 12.1. The van der Waals surface area contributed by atoms with E-state index in [-0.39, 0.29) is 0 Å². The van der Waals surface area contributed by atoms with Crippen LogP contribution in [0.2, 0.25) is 10.0 Å².